The molecule has 2 amide bonds. The molecule has 2 aliphatic heterocycles. The molecule has 2 fully saturated rings. The van der Waals surface area contributed by atoms with Gasteiger partial charge >= 0.3 is 6.09 Å². The number of nitrogens with two attached hydrogens (primary N) is 1. The molecule has 1 atom stereocenters. The van der Waals surface area contributed by atoms with E-state index in [2.05, 4.69) is 17.0 Å². The van der Waals surface area contributed by atoms with Gasteiger partial charge in [0.2, 0.25) is 5.91 Å². The van der Waals surface area contributed by atoms with Gasteiger partial charge < -0.3 is 20.3 Å². The lowest BCUT2D eigenvalue weighted by Crippen LogP contribution is -2.60. The summed E-state index contributed by atoms with van der Waals surface area (Å²) in [6.45, 7) is 9.89. The summed E-state index contributed by atoms with van der Waals surface area (Å²) in [6.07, 6.45) is 0.991. The Balaban J connectivity index is 1.64. The Hall–Kier alpha value is -3.76. The summed E-state index contributed by atoms with van der Waals surface area (Å²) in [5.74, 6) is -0.0256. The highest BCUT2D eigenvalue weighted by Gasteiger charge is 2.51. The molecule has 0 aliphatic carbocycles. The Kier molecular flexibility index (Phi) is 7.57. The van der Waals surface area contributed by atoms with Gasteiger partial charge in [0, 0.05) is 31.6 Å². The Bertz CT molecular complexity index is 1320. The number of primary amides is 1. The quantitative estimate of drug-likeness (QED) is 0.548. The molecule has 1 spiro atoms. The number of carbonyl (C=O) groups excluding carboxylic acids is 2. The number of ether oxygens (including phenoxy) is 1. The molecule has 1 aromatic carbocycles. The largest absolute Gasteiger partial charge is 0.444 e. The predicted octanol–water partition coefficient (Wildman–Crippen LogP) is 4.15. The lowest BCUT2D eigenvalue weighted by atomic mass is 9.79. The van der Waals surface area contributed by atoms with Crippen molar-refractivity contribution in [2.45, 2.75) is 56.4 Å². The topological polar surface area (TPSA) is 136 Å². The normalized spacial score (nSPS) is 16.9. The molecule has 2 saturated heterocycles. The van der Waals surface area contributed by atoms with Crippen LogP contribution >= 0.6 is 11.8 Å². The fourth-order valence-electron chi connectivity index (χ4n) is 5.12. The van der Waals surface area contributed by atoms with Crippen molar-refractivity contribution in [3.63, 3.8) is 0 Å². The number of thioether (sulfide) groups is 1. The average molecular weight is 533 g/mol. The number of nitrogens with zero attached hydrogens (tertiary/aromatic N) is 5. The van der Waals surface area contributed by atoms with E-state index in [-0.39, 0.29) is 11.5 Å². The lowest BCUT2D eigenvalue weighted by Gasteiger charge is -2.47. The van der Waals surface area contributed by atoms with Crippen LogP contribution in [0, 0.1) is 28.1 Å². The van der Waals surface area contributed by atoms with Gasteiger partial charge in [-0.3, -0.25) is 4.79 Å². The number of benzene rings is 1. The van der Waals surface area contributed by atoms with Crippen molar-refractivity contribution in [1.29, 1.82) is 10.5 Å². The molecular weight excluding hydrogens is 500 g/mol. The van der Waals surface area contributed by atoms with Crippen LogP contribution in [0.3, 0.4) is 0 Å². The van der Waals surface area contributed by atoms with Crippen LogP contribution < -0.4 is 10.6 Å². The zero-order chi connectivity index (χ0) is 27.7. The second-order valence-corrected chi connectivity index (χ2v) is 12.0. The maximum absolute atomic E-state index is 12.5. The standard InChI is InChI=1S/C28H32N6O3S/c1-5-19-20(13-29)24(33-12-11-28(15-33)16-34(17-28)26(36)37-27(2,3)4)32-25(21(19)14-30)38-22(23(31)35)18-9-7-6-8-10-18/h6-10,22H,5,11-12,15-17H2,1-4H3,(H2,31,35). The van der Waals surface area contributed by atoms with Crippen LogP contribution in [0.5, 0.6) is 0 Å². The molecule has 2 N–H and O–H groups in total. The lowest BCUT2D eigenvalue weighted by molar-refractivity contribution is -0.117. The third-order valence-corrected chi connectivity index (χ3v) is 8.12. The van der Waals surface area contributed by atoms with E-state index < -0.39 is 16.8 Å². The fraction of sp³-hybridized carbons (Fsp3) is 0.464. The zero-order valence-electron chi connectivity index (χ0n) is 22.2. The van der Waals surface area contributed by atoms with E-state index in [0.29, 0.717) is 60.1 Å². The number of hydrogen-bond acceptors (Lipinski definition) is 8. The first-order valence-electron chi connectivity index (χ1n) is 12.6. The molecular formula is C28H32N6O3S. The van der Waals surface area contributed by atoms with Crippen LogP contribution in [0.2, 0.25) is 0 Å². The molecule has 0 radical (unpaired) electrons. The fourth-order valence-corrected chi connectivity index (χ4v) is 6.18. The van der Waals surface area contributed by atoms with Crippen molar-refractivity contribution < 1.29 is 14.3 Å². The average Bonchev–Trinajstić information content (AvgIpc) is 3.30. The number of nitriles is 2. The van der Waals surface area contributed by atoms with Crippen molar-refractivity contribution >= 4 is 29.6 Å². The molecule has 4 rings (SSSR count). The number of likely N-dealkylation sites (tertiary alicyclic amines) is 1. The van der Waals surface area contributed by atoms with Crippen molar-refractivity contribution in [2.24, 2.45) is 11.1 Å². The van der Waals surface area contributed by atoms with E-state index in [9.17, 15) is 20.1 Å². The van der Waals surface area contributed by atoms with Crippen LogP contribution in [-0.2, 0) is 16.0 Å². The van der Waals surface area contributed by atoms with Gasteiger partial charge in [0.25, 0.3) is 0 Å². The first kappa shape index (κ1) is 27.3. The third kappa shape index (κ3) is 5.41. The molecule has 2 aliphatic rings. The van der Waals surface area contributed by atoms with Crippen LogP contribution in [0.1, 0.15) is 61.6 Å². The summed E-state index contributed by atoms with van der Waals surface area (Å²) in [5, 5.41) is 19.8. The first-order chi connectivity index (χ1) is 18.0. The summed E-state index contributed by atoms with van der Waals surface area (Å²) < 4.78 is 5.50. The molecule has 10 heteroatoms. The molecule has 198 valence electrons. The number of hydrogen-bond donors (Lipinski definition) is 1. The minimum Gasteiger partial charge on any atom is -0.444 e. The second kappa shape index (κ2) is 10.5. The van der Waals surface area contributed by atoms with Gasteiger partial charge in [-0.05, 0) is 44.7 Å². The Morgan fingerprint density at radius 3 is 2.37 bits per heavy atom. The van der Waals surface area contributed by atoms with Gasteiger partial charge in [-0.25, -0.2) is 9.78 Å². The minimum atomic E-state index is -0.736. The van der Waals surface area contributed by atoms with Crippen molar-refractivity contribution in [3.8, 4) is 12.1 Å². The molecule has 0 bridgehead atoms. The number of rotatable bonds is 6. The highest BCUT2D eigenvalue weighted by molar-refractivity contribution is 8.00. The summed E-state index contributed by atoms with van der Waals surface area (Å²) >= 11 is 1.14. The Morgan fingerprint density at radius 1 is 1.16 bits per heavy atom. The Labute approximate surface area is 227 Å². The predicted molar refractivity (Wildman–Crippen MR) is 144 cm³/mol. The van der Waals surface area contributed by atoms with Crippen LogP contribution in [0.15, 0.2) is 35.4 Å². The van der Waals surface area contributed by atoms with Crippen LogP contribution in [0.4, 0.5) is 10.6 Å². The number of amides is 2. The van der Waals surface area contributed by atoms with Crippen molar-refractivity contribution in [2.75, 3.05) is 31.1 Å². The summed E-state index contributed by atoms with van der Waals surface area (Å²) in [4.78, 5) is 33.5. The number of anilines is 1. The smallest absolute Gasteiger partial charge is 0.410 e. The SMILES string of the molecule is CCc1c(C#N)c(SC(C(N)=O)c2ccccc2)nc(N2CCC3(CN(C(=O)OC(C)(C)C)C3)C2)c1C#N. The van der Waals surface area contributed by atoms with E-state index in [0.717, 1.165) is 23.7 Å². The second-order valence-electron chi connectivity index (χ2n) is 10.9. The minimum absolute atomic E-state index is 0.0985. The third-order valence-electron chi connectivity index (χ3n) is 6.86. The maximum atomic E-state index is 12.5. The van der Waals surface area contributed by atoms with Gasteiger partial charge in [-0.2, -0.15) is 10.5 Å². The molecule has 2 aromatic rings. The van der Waals surface area contributed by atoms with Crippen molar-refractivity contribution in [3.05, 3.63) is 52.6 Å². The summed E-state index contributed by atoms with van der Waals surface area (Å²) in [5.41, 5.74) is 7.12. The maximum Gasteiger partial charge on any atom is 0.410 e. The van der Waals surface area contributed by atoms with E-state index in [4.69, 9.17) is 15.5 Å². The van der Waals surface area contributed by atoms with E-state index in [1.807, 2.05) is 58.0 Å². The molecule has 3 heterocycles. The highest BCUT2D eigenvalue weighted by Crippen LogP contribution is 2.44. The number of aromatic nitrogens is 1. The number of pyridine rings is 1. The van der Waals surface area contributed by atoms with Gasteiger partial charge in [0.05, 0.1) is 11.1 Å². The summed E-state index contributed by atoms with van der Waals surface area (Å²) in [6, 6.07) is 13.6. The van der Waals surface area contributed by atoms with Crippen molar-refractivity contribution in [1.82, 2.24) is 9.88 Å². The van der Waals surface area contributed by atoms with Gasteiger partial charge in [-0.15, -0.1) is 0 Å². The summed E-state index contributed by atoms with van der Waals surface area (Å²) in [7, 11) is 0. The molecule has 1 unspecified atom stereocenters. The molecule has 38 heavy (non-hydrogen) atoms. The van der Waals surface area contributed by atoms with Gasteiger partial charge in [0.1, 0.15) is 33.8 Å². The molecule has 1 aromatic heterocycles. The van der Waals surface area contributed by atoms with E-state index in [1.54, 1.807) is 4.90 Å². The first-order valence-corrected chi connectivity index (χ1v) is 13.5. The van der Waals surface area contributed by atoms with Crippen LogP contribution in [-0.4, -0.2) is 53.7 Å². The van der Waals surface area contributed by atoms with Gasteiger partial charge in [-0.1, -0.05) is 49.0 Å². The molecule has 0 saturated carbocycles. The van der Waals surface area contributed by atoms with E-state index in [1.165, 1.54) is 0 Å². The monoisotopic (exact) mass is 532 g/mol. The van der Waals surface area contributed by atoms with E-state index >= 15 is 0 Å². The number of carbonyl (C=O) groups is 2. The zero-order valence-corrected chi connectivity index (χ0v) is 23.0. The van der Waals surface area contributed by atoms with Gasteiger partial charge in [0.15, 0.2) is 0 Å². The van der Waals surface area contributed by atoms with Crippen LogP contribution in [0.25, 0.3) is 0 Å². The Morgan fingerprint density at radius 2 is 1.82 bits per heavy atom. The highest BCUT2D eigenvalue weighted by atomic mass is 32.2. The molecule has 9 nitrogen and oxygen atoms in total.